The number of hydrogen-bond donors (Lipinski definition) is 1. The topological polar surface area (TPSA) is 102 Å². The first kappa shape index (κ1) is 24.1. The van der Waals surface area contributed by atoms with Gasteiger partial charge in [-0.25, -0.2) is 13.2 Å². The lowest BCUT2D eigenvalue weighted by Gasteiger charge is -2.23. The normalized spacial score (nSPS) is 13.5. The quantitative estimate of drug-likeness (QED) is 0.675. The molecule has 2 aromatic rings. The molecular formula is C24H26N2O6S. The minimum atomic E-state index is -3.81. The molecule has 1 heterocycles. The lowest BCUT2D eigenvalue weighted by molar-refractivity contribution is -0.139. The average molecular weight is 471 g/mol. The van der Waals surface area contributed by atoms with Crippen LogP contribution in [0.15, 0.2) is 65.7 Å². The molecule has 8 nitrogen and oxygen atoms in total. The smallest absolute Gasteiger partial charge is 0.418 e. The number of allylic oxidation sites excluding steroid dienone is 1. The molecule has 1 amide bonds. The van der Waals surface area contributed by atoms with Gasteiger partial charge in [0.2, 0.25) is 0 Å². The fraction of sp³-hybridized carbons (Fsp3) is 0.250. The van der Waals surface area contributed by atoms with Crippen molar-refractivity contribution in [1.29, 1.82) is 0 Å². The molecule has 0 saturated heterocycles. The number of amides is 1. The Balaban J connectivity index is 2.07. The van der Waals surface area contributed by atoms with E-state index in [2.05, 4.69) is 4.72 Å². The van der Waals surface area contributed by atoms with Crippen molar-refractivity contribution < 1.29 is 27.5 Å². The third kappa shape index (κ3) is 6.23. The van der Waals surface area contributed by atoms with Crippen LogP contribution < -0.4 is 15.2 Å². The number of ether oxygens (including phenoxy) is 2. The van der Waals surface area contributed by atoms with Crippen LogP contribution in [0.2, 0.25) is 0 Å². The highest BCUT2D eigenvalue weighted by molar-refractivity contribution is 7.92. The van der Waals surface area contributed by atoms with Crippen molar-refractivity contribution in [2.75, 3.05) is 11.8 Å². The predicted octanol–water partition coefficient (Wildman–Crippen LogP) is 2.70. The Morgan fingerprint density at radius 1 is 1.06 bits per heavy atom. The first-order chi connectivity index (χ1) is 15.5. The summed E-state index contributed by atoms with van der Waals surface area (Å²) in [4.78, 5) is 26.0. The summed E-state index contributed by atoms with van der Waals surface area (Å²) >= 11 is 0. The molecule has 0 saturated carbocycles. The highest BCUT2D eigenvalue weighted by Crippen LogP contribution is 2.16. The minimum absolute atomic E-state index is 0.0227. The average Bonchev–Trinajstić information content (AvgIpc) is 2.92. The van der Waals surface area contributed by atoms with E-state index >= 15 is 0 Å². The van der Waals surface area contributed by atoms with E-state index in [-0.39, 0.29) is 11.3 Å². The molecule has 9 heteroatoms. The van der Waals surface area contributed by atoms with Crippen LogP contribution in [0.1, 0.15) is 27.2 Å². The van der Waals surface area contributed by atoms with E-state index in [0.29, 0.717) is 21.7 Å². The Labute approximate surface area is 192 Å². The number of carbonyl (C=O) groups is 2. The largest absolute Gasteiger partial charge is 0.469 e. The molecule has 1 aliphatic heterocycles. The first-order valence-electron chi connectivity index (χ1n) is 10.2. The Morgan fingerprint density at radius 2 is 1.76 bits per heavy atom. The maximum absolute atomic E-state index is 12.7. The number of sulfonamides is 1. The number of nitrogens with zero attached hydrogens (tertiary/aromatic N) is 1. The Morgan fingerprint density at radius 3 is 2.39 bits per heavy atom. The van der Waals surface area contributed by atoms with Gasteiger partial charge in [0.1, 0.15) is 5.60 Å². The van der Waals surface area contributed by atoms with Gasteiger partial charge in [-0.3, -0.25) is 14.4 Å². The second-order valence-corrected chi connectivity index (χ2v) is 10.0. The van der Waals surface area contributed by atoms with Crippen LogP contribution in [0, 0.1) is 0 Å². The van der Waals surface area contributed by atoms with Gasteiger partial charge in [-0.05, 0) is 61.9 Å². The number of nitrogens with one attached hydrogen (secondary N) is 1. The number of rotatable bonds is 5. The van der Waals surface area contributed by atoms with Gasteiger partial charge in [0.05, 0.1) is 18.4 Å². The maximum atomic E-state index is 12.7. The van der Waals surface area contributed by atoms with Crippen molar-refractivity contribution in [3.63, 3.8) is 0 Å². The molecule has 0 unspecified atom stereocenters. The third-order valence-corrected chi connectivity index (χ3v) is 5.98. The molecule has 174 valence electrons. The van der Waals surface area contributed by atoms with Crippen molar-refractivity contribution in [3.8, 4) is 0 Å². The van der Waals surface area contributed by atoms with Gasteiger partial charge < -0.3 is 9.47 Å². The zero-order valence-corrected chi connectivity index (χ0v) is 19.7. The van der Waals surface area contributed by atoms with Gasteiger partial charge in [0.15, 0.2) is 0 Å². The summed E-state index contributed by atoms with van der Waals surface area (Å²) in [7, 11) is -2.51. The Bertz CT molecular complexity index is 1310. The molecular weight excluding hydrogens is 444 g/mol. The molecule has 1 aliphatic rings. The third-order valence-electron chi connectivity index (χ3n) is 4.58. The molecule has 3 rings (SSSR count). The van der Waals surface area contributed by atoms with Crippen LogP contribution in [-0.2, 0) is 24.3 Å². The molecule has 0 radical (unpaired) electrons. The molecule has 2 aromatic carbocycles. The highest BCUT2D eigenvalue weighted by atomic mass is 32.2. The van der Waals surface area contributed by atoms with Crippen molar-refractivity contribution >= 4 is 39.5 Å². The second kappa shape index (κ2) is 9.50. The van der Waals surface area contributed by atoms with Crippen LogP contribution in [0.5, 0.6) is 0 Å². The summed E-state index contributed by atoms with van der Waals surface area (Å²) in [6.45, 7) is 5.27. The van der Waals surface area contributed by atoms with Crippen molar-refractivity contribution in [3.05, 3.63) is 71.2 Å². The number of esters is 1. The van der Waals surface area contributed by atoms with Crippen LogP contribution in [0.4, 0.5) is 10.5 Å². The molecule has 0 spiro atoms. The standard InChI is InChI=1S/C24H26N2O6S/c1-24(2,3)32-23(28)26-13-12-17(15-22(27)31-4)21-11-10-19(14-18(21)16-26)25-33(29,30)20-8-6-5-7-9-20/h5-14,16,25H,15H2,1-4H3. The molecule has 0 aromatic heterocycles. The van der Waals surface area contributed by atoms with Crippen molar-refractivity contribution in [2.24, 2.45) is 0 Å². The SMILES string of the molecule is COC(=O)CC1=c2ccc(NS(=O)(=O)c3ccccc3)cc2=CN(C(=O)OC(C)(C)C)C=C1. The Hall–Kier alpha value is -3.59. The van der Waals surface area contributed by atoms with Gasteiger partial charge in [-0.1, -0.05) is 24.3 Å². The summed E-state index contributed by atoms with van der Waals surface area (Å²) in [6, 6.07) is 12.9. The second-order valence-electron chi connectivity index (χ2n) is 8.33. The number of hydrogen-bond acceptors (Lipinski definition) is 6. The number of anilines is 1. The lowest BCUT2D eigenvalue weighted by atomic mass is 10.1. The van der Waals surface area contributed by atoms with E-state index in [1.165, 1.54) is 36.5 Å². The van der Waals surface area contributed by atoms with E-state index < -0.39 is 27.7 Å². The van der Waals surface area contributed by atoms with Crippen LogP contribution in [0.25, 0.3) is 11.8 Å². The summed E-state index contributed by atoms with van der Waals surface area (Å²) in [5.74, 6) is -0.444. The zero-order valence-electron chi connectivity index (χ0n) is 18.9. The van der Waals surface area contributed by atoms with Gasteiger partial charge in [0, 0.05) is 23.3 Å². The van der Waals surface area contributed by atoms with E-state index in [1.807, 2.05) is 0 Å². The predicted molar refractivity (Wildman–Crippen MR) is 125 cm³/mol. The maximum Gasteiger partial charge on any atom is 0.418 e. The van der Waals surface area contributed by atoms with E-state index in [1.54, 1.807) is 63.2 Å². The summed E-state index contributed by atoms with van der Waals surface area (Å²) in [6.07, 6.45) is 4.03. The van der Waals surface area contributed by atoms with Crippen molar-refractivity contribution in [1.82, 2.24) is 4.90 Å². The molecule has 33 heavy (non-hydrogen) atoms. The first-order valence-corrected chi connectivity index (χ1v) is 11.7. The summed E-state index contributed by atoms with van der Waals surface area (Å²) < 4.78 is 38.2. The van der Waals surface area contributed by atoms with Gasteiger partial charge in [-0.15, -0.1) is 0 Å². The van der Waals surface area contributed by atoms with Crippen molar-refractivity contribution in [2.45, 2.75) is 37.7 Å². The van der Waals surface area contributed by atoms with Crippen LogP contribution >= 0.6 is 0 Å². The summed E-state index contributed by atoms with van der Waals surface area (Å²) in [5, 5.41) is 1.18. The van der Waals surface area contributed by atoms with Gasteiger partial charge in [-0.2, -0.15) is 0 Å². The number of benzene rings is 2. The number of methoxy groups -OCH3 is 1. The minimum Gasteiger partial charge on any atom is -0.469 e. The van der Waals surface area contributed by atoms with Gasteiger partial charge in [0.25, 0.3) is 10.0 Å². The summed E-state index contributed by atoms with van der Waals surface area (Å²) in [5.41, 5.74) is 0.202. The number of fused-ring (bicyclic) bond motifs is 1. The fourth-order valence-corrected chi connectivity index (χ4v) is 4.17. The highest BCUT2D eigenvalue weighted by Gasteiger charge is 2.21. The zero-order chi connectivity index (χ0) is 24.2. The van der Waals surface area contributed by atoms with E-state index in [0.717, 1.165) is 0 Å². The van der Waals surface area contributed by atoms with Crippen LogP contribution in [-0.4, -0.2) is 38.1 Å². The van der Waals surface area contributed by atoms with Gasteiger partial charge >= 0.3 is 12.1 Å². The molecule has 0 fully saturated rings. The molecule has 0 bridgehead atoms. The molecule has 0 aliphatic carbocycles. The number of carbonyl (C=O) groups excluding carboxylic acids is 2. The van der Waals surface area contributed by atoms with E-state index in [9.17, 15) is 18.0 Å². The lowest BCUT2D eigenvalue weighted by Crippen LogP contribution is -2.34. The van der Waals surface area contributed by atoms with E-state index in [4.69, 9.17) is 9.47 Å². The molecule has 0 atom stereocenters. The Kier molecular flexibility index (Phi) is 6.92. The fourth-order valence-electron chi connectivity index (χ4n) is 3.10. The van der Waals surface area contributed by atoms with Crippen LogP contribution in [0.3, 0.4) is 0 Å². The monoisotopic (exact) mass is 470 g/mol. The molecule has 1 N–H and O–H groups in total.